The highest BCUT2D eigenvalue weighted by atomic mass is 14.8. The topological polar surface area (TPSA) is 16.6 Å². The second-order valence-electron chi connectivity index (χ2n) is 4.38. The van der Waals surface area contributed by atoms with Crippen molar-refractivity contribution in [2.75, 3.05) is 13.6 Å². The Labute approximate surface area is 90.7 Å². The maximum absolute atomic E-state index is 2.28. The zero-order valence-electron chi connectivity index (χ0n) is 10.4. The zero-order valence-corrected chi connectivity index (χ0v) is 10.4. The monoisotopic (exact) mass is 200 g/mol. The van der Waals surface area contributed by atoms with Crippen LogP contribution in [0.3, 0.4) is 0 Å². The number of rotatable bonds is 11. The molecular weight excluding hydrogens is 170 g/mol. The molecule has 0 aromatic rings. The van der Waals surface area contributed by atoms with Gasteiger partial charge in [-0.25, -0.2) is 0 Å². The van der Waals surface area contributed by atoms with E-state index in [9.17, 15) is 0 Å². The fraction of sp³-hybridized carbons (Fsp3) is 1.00. The van der Waals surface area contributed by atoms with E-state index < -0.39 is 0 Å². The average Bonchev–Trinajstić information content (AvgIpc) is 2.21. The second kappa shape index (κ2) is 13.0. The smallest absolute Gasteiger partial charge is 0.0753 e. The van der Waals surface area contributed by atoms with Gasteiger partial charge >= 0.3 is 0 Å². The highest BCUT2D eigenvalue weighted by Gasteiger charge is 1.92. The molecule has 0 saturated carbocycles. The van der Waals surface area contributed by atoms with E-state index in [-0.39, 0.29) is 0 Å². The highest BCUT2D eigenvalue weighted by molar-refractivity contribution is 4.46. The Balaban J connectivity index is 2.78. The van der Waals surface area contributed by atoms with E-state index in [1.165, 1.54) is 70.8 Å². The van der Waals surface area contributed by atoms with Crippen molar-refractivity contribution in [2.45, 2.75) is 71.1 Å². The number of hydrogen-bond acceptors (Lipinski definition) is 0. The lowest BCUT2D eigenvalue weighted by Gasteiger charge is -2.01. The van der Waals surface area contributed by atoms with Gasteiger partial charge in [0.2, 0.25) is 0 Å². The summed E-state index contributed by atoms with van der Waals surface area (Å²) in [5.41, 5.74) is 0. The molecule has 0 aliphatic rings. The van der Waals surface area contributed by atoms with Crippen LogP contribution < -0.4 is 5.32 Å². The summed E-state index contributed by atoms with van der Waals surface area (Å²) in [6, 6.07) is 0. The van der Waals surface area contributed by atoms with Gasteiger partial charge in [0.15, 0.2) is 0 Å². The molecule has 0 spiro atoms. The van der Waals surface area contributed by atoms with E-state index in [1.807, 2.05) is 0 Å². The third-order valence-electron chi connectivity index (χ3n) is 2.85. The summed E-state index contributed by atoms with van der Waals surface area (Å²) in [6.07, 6.45) is 14.5. The minimum Gasteiger partial charge on any atom is -0.349 e. The molecular formula is C13H30N+. The Kier molecular flexibility index (Phi) is 12.9. The van der Waals surface area contributed by atoms with Crippen molar-refractivity contribution in [1.82, 2.24) is 0 Å². The van der Waals surface area contributed by atoms with Gasteiger partial charge < -0.3 is 5.32 Å². The first kappa shape index (κ1) is 14.0. The third kappa shape index (κ3) is 12.0. The van der Waals surface area contributed by atoms with E-state index >= 15 is 0 Å². The van der Waals surface area contributed by atoms with Crippen molar-refractivity contribution in [3.63, 3.8) is 0 Å². The molecule has 1 nitrogen and oxygen atoms in total. The van der Waals surface area contributed by atoms with Crippen LogP contribution in [0.4, 0.5) is 0 Å². The lowest BCUT2D eigenvalue weighted by atomic mass is 10.1. The summed E-state index contributed by atoms with van der Waals surface area (Å²) in [6.45, 7) is 3.60. The minimum absolute atomic E-state index is 1.32. The average molecular weight is 200 g/mol. The van der Waals surface area contributed by atoms with Gasteiger partial charge in [-0.3, -0.25) is 0 Å². The Morgan fingerprint density at radius 2 is 1.07 bits per heavy atom. The summed E-state index contributed by atoms with van der Waals surface area (Å²) in [5, 5.41) is 2.28. The molecule has 0 fully saturated rings. The second-order valence-corrected chi connectivity index (χ2v) is 4.38. The minimum atomic E-state index is 1.32. The molecule has 0 aromatic heterocycles. The van der Waals surface area contributed by atoms with Gasteiger partial charge in [-0.1, -0.05) is 58.3 Å². The standard InChI is InChI=1S/C13H29N/c1-3-4-5-6-7-8-9-10-11-12-13-14-2/h14H,3-13H2,1-2H3/p+1. The lowest BCUT2D eigenvalue weighted by Crippen LogP contribution is -2.79. The molecule has 0 radical (unpaired) electrons. The van der Waals surface area contributed by atoms with Crippen molar-refractivity contribution < 1.29 is 5.32 Å². The van der Waals surface area contributed by atoms with Crippen LogP contribution in [0, 0.1) is 0 Å². The van der Waals surface area contributed by atoms with Crippen molar-refractivity contribution in [1.29, 1.82) is 0 Å². The van der Waals surface area contributed by atoms with Gasteiger partial charge in [-0.05, 0) is 12.8 Å². The molecule has 0 heterocycles. The Morgan fingerprint density at radius 3 is 1.50 bits per heavy atom. The fourth-order valence-corrected chi connectivity index (χ4v) is 1.84. The van der Waals surface area contributed by atoms with E-state index in [0.29, 0.717) is 0 Å². The van der Waals surface area contributed by atoms with Crippen LogP contribution in [0.1, 0.15) is 71.1 Å². The number of nitrogens with two attached hydrogens (primary N) is 1. The van der Waals surface area contributed by atoms with Crippen molar-refractivity contribution in [3.05, 3.63) is 0 Å². The summed E-state index contributed by atoms with van der Waals surface area (Å²) < 4.78 is 0. The predicted molar refractivity (Wildman–Crippen MR) is 64.6 cm³/mol. The van der Waals surface area contributed by atoms with E-state index in [0.717, 1.165) is 0 Å². The molecule has 0 amide bonds. The first-order valence-corrected chi connectivity index (χ1v) is 6.69. The molecule has 86 valence electrons. The molecule has 0 aliphatic heterocycles. The SMILES string of the molecule is CCCCCCCCCCCC[NH2+]C. The van der Waals surface area contributed by atoms with E-state index in [1.54, 1.807) is 0 Å². The molecule has 2 N–H and O–H groups in total. The Morgan fingerprint density at radius 1 is 0.643 bits per heavy atom. The summed E-state index contributed by atoms with van der Waals surface area (Å²) >= 11 is 0. The number of quaternary nitrogens is 1. The Hall–Kier alpha value is -0.0400. The predicted octanol–water partition coefficient (Wildman–Crippen LogP) is 3.10. The van der Waals surface area contributed by atoms with Crippen molar-refractivity contribution in [3.8, 4) is 0 Å². The van der Waals surface area contributed by atoms with Crippen LogP contribution in [0.15, 0.2) is 0 Å². The van der Waals surface area contributed by atoms with Crippen LogP contribution in [-0.2, 0) is 0 Å². The van der Waals surface area contributed by atoms with E-state index in [4.69, 9.17) is 0 Å². The van der Waals surface area contributed by atoms with Crippen LogP contribution in [0.5, 0.6) is 0 Å². The van der Waals surface area contributed by atoms with E-state index in [2.05, 4.69) is 19.3 Å². The number of hydrogen-bond donors (Lipinski definition) is 1. The number of unbranched alkanes of at least 4 members (excludes halogenated alkanes) is 9. The maximum atomic E-state index is 2.28. The maximum Gasteiger partial charge on any atom is 0.0753 e. The van der Waals surface area contributed by atoms with Crippen molar-refractivity contribution >= 4 is 0 Å². The quantitative estimate of drug-likeness (QED) is 0.494. The Bertz CT molecular complexity index is 79.2. The van der Waals surface area contributed by atoms with Gasteiger partial charge in [0.25, 0.3) is 0 Å². The molecule has 14 heavy (non-hydrogen) atoms. The van der Waals surface area contributed by atoms with Gasteiger partial charge in [-0.2, -0.15) is 0 Å². The van der Waals surface area contributed by atoms with Gasteiger partial charge in [-0.15, -0.1) is 0 Å². The van der Waals surface area contributed by atoms with Crippen LogP contribution in [0.2, 0.25) is 0 Å². The molecule has 0 aliphatic carbocycles. The molecule has 0 rings (SSSR count). The first-order valence-electron chi connectivity index (χ1n) is 6.69. The van der Waals surface area contributed by atoms with Crippen LogP contribution >= 0.6 is 0 Å². The lowest BCUT2D eigenvalue weighted by molar-refractivity contribution is -0.627. The van der Waals surface area contributed by atoms with Gasteiger partial charge in [0.05, 0.1) is 13.6 Å². The first-order chi connectivity index (χ1) is 6.91. The molecule has 1 heteroatoms. The third-order valence-corrected chi connectivity index (χ3v) is 2.85. The molecule has 0 saturated heterocycles. The van der Waals surface area contributed by atoms with Crippen molar-refractivity contribution in [2.24, 2.45) is 0 Å². The largest absolute Gasteiger partial charge is 0.349 e. The molecule has 0 bridgehead atoms. The summed E-state index contributed by atoms with van der Waals surface area (Å²) in [5.74, 6) is 0. The fourth-order valence-electron chi connectivity index (χ4n) is 1.84. The summed E-state index contributed by atoms with van der Waals surface area (Å²) in [7, 11) is 2.16. The summed E-state index contributed by atoms with van der Waals surface area (Å²) in [4.78, 5) is 0. The van der Waals surface area contributed by atoms with Gasteiger partial charge in [0.1, 0.15) is 0 Å². The normalized spacial score (nSPS) is 10.7. The molecule has 0 atom stereocenters. The highest BCUT2D eigenvalue weighted by Crippen LogP contribution is 2.09. The van der Waals surface area contributed by atoms with Crippen LogP contribution in [0.25, 0.3) is 0 Å². The zero-order chi connectivity index (χ0) is 10.5. The molecule has 0 unspecified atom stereocenters. The van der Waals surface area contributed by atoms with Crippen LogP contribution in [-0.4, -0.2) is 13.6 Å². The van der Waals surface area contributed by atoms with Gasteiger partial charge in [0, 0.05) is 0 Å². The molecule has 0 aromatic carbocycles.